The number of aromatic nitrogens is 2. The van der Waals surface area contributed by atoms with E-state index in [0.29, 0.717) is 22.1 Å². The summed E-state index contributed by atoms with van der Waals surface area (Å²) in [5.41, 5.74) is 2.14. The Hall–Kier alpha value is -2.79. The standard InChI is InChI=1S/C18H16N2O3/c1-18(2,23)10-9-11-5-3-7-13-15(11)20-16-12(17(21)22)6-4-8-14(16)19-13/h3-10,23H,1-2H3,(H,21,22)/b10-9+. The van der Waals surface area contributed by atoms with Gasteiger partial charge in [0.15, 0.2) is 0 Å². The van der Waals surface area contributed by atoms with E-state index in [1.807, 2.05) is 18.2 Å². The van der Waals surface area contributed by atoms with Gasteiger partial charge in [0.1, 0.15) is 5.52 Å². The van der Waals surface area contributed by atoms with Crippen molar-refractivity contribution in [2.75, 3.05) is 0 Å². The fraction of sp³-hybridized carbons (Fsp3) is 0.167. The van der Waals surface area contributed by atoms with E-state index in [0.717, 1.165) is 5.56 Å². The molecule has 0 aliphatic heterocycles. The van der Waals surface area contributed by atoms with Crippen molar-refractivity contribution in [1.82, 2.24) is 9.97 Å². The molecular weight excluding hydrogens is 292 g/mol. The molecule has 3 rings (SSSR count). The summed E-state index contributed by atoms with van der Waals surface area (Å²) in [4.78, 5) is 20.4. The fourth-order valence-corrected chi connectivity index (χ4v) is 2.34. The average molecular weight is 308 g/mol. The number of benzene rings is 2. The van der Waals surface area contributed by atoms with Crippen LogP contribution in [-0.2, 0) is 0 Å². The lowest BCUT2D eigenvalue weighted by molar-refractivity contribution is 0.0698. The van der Waals surface area contributed by atoms with E-state index in [-0.39, 0.29) is 5.56 Å². The lowest BCUT2D eigenvalue weighted by Crippen LogP contribution is -2.13. The molecule has 3 aromatic rings. The molecule has 0 saturated heterocycles. The van der Waals surface area contributed by atoms with Gasteiger partial charge in [0.25, 0.3) is 0 Å². The molecule has 0 atom stereocenters. The Morgan fingerprint density at radius 3 is 2.35 bits per heavy atom. The Morgan fingerprint density at radius 1 is 1.04 bits per heavy atom. The van der Waals surface area contributed by atoms with Crippen LogP contribution in [0, 0.1) is 0 Å². The zero-order valence-electron chi connectivity index (χ0n) is 12.8. The monoisotopic (exact) mass is 308 g/mol. The number of fused-ring (bicyclic) bond motifs is 2. The maximum atomic E-state index is 11.4. The molecule has 0 unspecified atom stereocenters. The van der Waals surface area contributed by atoms with Crippen LogP contribution in [0.1, 0.15) is 29.8 Å². The number of nitrogens with zero attached hydrogens (tertiary/aromatic N) is 2. The van der Waals surface area contributed by atoms with Crippen molar-refractivity contribution in [3.63, 3.8) is 0 Å². The molecule has 23 heavy (non-hydrogen) atoms. The highest BCUT2D eigenvalue weighted by Gasteiger charge is 2.13. The number of hydrogen-bond acceptors (Lipinski definition) is 4. The highest BCUT2D eigenvalue weighted by molar-refractivity contribution is 6.03. The van der Waals surface area contributed by atoms with Crippen molar-refractivity contribution in [2.24, 2.45) is 0 Å². The van der Waals surface area contributed by atoms with Crippen molar-refractivity contribution in [3.8, 4) is 0 Å². The van der Waals surface area contributed by atoms with Crippen LogP contribution in [0.3, 0.4) is 0 Å². The van der Waals surface area contributed by atoms with Gasteiger partial charge in [-0.15, -0.1) is 0 Å². The molecule has 0 aliphatic carbocycles. The summed E-state index contributed by atoms with van der Waals surface area (Å²) in [6, 6.07) is 10.5. The number of para-hydroxylation sites is 2. The minimum atomic E-state index is -1.03. The van der Waals surface area contributed by atoms with E-state index in [9.17, 15) is 15.0 Å². The van der Waals surface area contributed by atoms with Crippen LogP contribution in [-0.4, -0.2) is 31.8 Å². The molecule has 0 fully saturated rings. The Labute approximate surface area is 132 Å². The lowest BCUT2D eigenvalue weighted by Gasteiger charge is -2.11. The second-order valence-electron chi connectivity index (χ2n) is 5.90. The third-order valence-corrected chi connectivity index (χ3v) is 3.43. The molecule has 2 aromatic carbocycles. The van der Waals surface area contributed by atoms with Crippen LogP contribution in [0.25, 0.3) is 28.1 Å². The molecule has 5 nitrogen and oxygen atoms in total. The van der Waals surface area contributed by atoms with Crippen LogP contribution in [0.5, 0.6) is 0 Å². The van der Waals surface area contributed by atoms with Gasteiger partial charge in [0.2, 0.25) is 0 Å². The molecular formula is C18H16N2O3. The third kappa shape index (κ3) is 3.05. The number of carboxylic acids is 1. The van der Waals surface area contributed by atoms with Crippen molar-refractivity contribution in [3.05, 3.63) is 53.6 Å². The van der Waals surface area contributed by atoms with Crippen LogP contribution in [0.4, 0.5) is 0 Å². The predicted octanol–water partition coefficient (Wildman–Crippen LogP) is 3.27. The average Bonchev–Trinajstić information content (AvgIpc) is 2.49. The minimum Gasteiger partial charge on any atom is -0.478 e. The zero-order valence-corrected chi connectivity index (χ0v) is 12.8. The Bertz CT molecular complexity index is 940. The van der Waals surface area contributed by atoms with E-state index < -0.39 is 11.6 Å². The molecule has 0 aliphatic rings. The van der Waals surface area contributed by atoms with Crippen molar-refractivity contribution >= 4 is 34.1 Å². The van der Waals surface area contributed by atoms with Crippen LogP contribution in [0.2, 0.25) is 0 Å². The number of aromatic carboxylic acids is 1. The van der Waals surface area contributed by atoms with Crippen molar-refractivity contribution < 1.29 is 15.0 Å². The summed E-state index contributed by atoms with van der Waals surface area (Å²) >= 11 is 0. The molecule has 0 amide bonds. The summed E-state index contributed by atoms with van der Waals surface area (Å²) in [7, 11) is 0. The second kappa shape index (κ2) is 5.44. The Balaban J connectivity index is 2.30. The molecule has 0 radical (unpaired) electrons. The molecule has 1 aromatic heterocycles. The number of carbonyl (C=O) groups is 1. The van der Waals surface area contributed by atoms with Crippen LogP contribution in [0.15, 0.2) is 42.5 Å². The van der Waals surface area contributed by atoms with Crippen molar-refractivity contribution in [2.45, 2.75) is 19.4 Å². The van der Waals surface area contributed by atoms with E-state index in [1.165, 1.54) is 6.07 Å². The SMILES string of the molecule is CC(C)(O)/C=C/c1cccc2nc3cccc(C(=O)O)c3nc12. The molecule has 0 saturated carbocycles. The first-order chi connectivity index (χ1) is 10.8. The van der Waals surface area contributed by atoms with Gasteiger partial charge < -0.3 is 10.2 Å². The Kier molecular flexibility index (Phi) is 3.58. The Morgan fingerprint density at radius 2 is 1.70 bits per heavy atom. The second-order valence-corrected chi connectivity index (χ2v) is 5.90. The van der Waals surface area contributed by atoms with Gasteiger partial charge in [-0.3, -0.25) is 0 Å². The van der Waals surface area contributed by atoms with Crippen LogP contribution < -0.4 is 0 Å². The molecule has 0 spiro atoms. The zero-order chi connectivity index (χ0) is 16.6. The van der Waals surface area contributed by atoms with E-state index in [4.69, 9.17) is 0 Å². The largest absolute Gasteiger partial charge is 0.478 e. The van der Waals surface area contributed by atoms with E-state index in [1.54, 1.807) is 38.1 Å². The fourth-order valence-electron chi connectivity index (χ4n) is 2.34. The highest BCUT2D eigenvalue weighted by Crippen LogP contribution is 2.23. The number of carboxylic acid groups (broad SMARTS) is 1. The quantitative estimate of drug-likeness (QED) is 0.726. The molecule has 2 N–H and O–H groups in total. The van der Waals surface area contributed by atoms with Crippen LogP contribution >= 0.6 is 0 Å². The topological polar surface area (TPSA) is 83.3 Å². The summed E-state index contributed by atoms with van der Waals surface area (Å²) in [5, 5.41) is 19.2. The molecule has 116 valence electrons. The molecule has 1 heterocycles. The van der Waals surface area contributed by atoms with Gasteiger partial charge in [-0.05, 0) is 32.0 Å². The summed E-state index contributed by atoms with van der Waals surface area (Å²) in [6.45, 7) is 3.36. The normalized spacial score (nSPS) is 12.3. The van der Waals surface area contributed by atoms with Gasteiger partial charge in [0.05, 0.1) is 27.7 Å². The maximum Gasteiger partial charge on any atom is 0.337 e. The first-order valence-corrected chi connectivity index (χ1v) is 7.19. The van der Waals surface area contributed by atoms with Gasteiger partial charge >= 0.3 is 5.97 Å². The summed E-state index contributed by atoms with van der Waals surface area (Å²) in [5.74, 6) is -1.03. The summed E-state index contributed by atoms with van der Waals surface area (Å²) < 4.78 is 0. The first-order valence-electron chi connectivity index (χ1n) is 7.19. The van der Waals surface area contributed by atoms with Crippen molar-refractivity contribution in [1.29, 1.82) is 0 Å². The first kappa shape index (κ1) is 15.1. The van der Waals surface area contributed by atoms with Gasteiger partial charge in [0, 0.05) is 5.56 Å². The predicted molar refractivity (Wildman–Crippen MR) is 89.3 cm³/mol. The van der Waals surface area contributed by atoms with Gasteiger partial charge in [-0.2, -0.15) is 0 Å². The number of hydrogen-bond donors (Lipinski definition) is 2. The van der Waals surface area contributed by atoms with E-state index >= 15 is 0 Å². The maximum absolute atomic E-state index is 11.4. The smallest absolute Gasteiger partial charge is 0.337 e. The van der Waals surface area contributed by atoms with Gasteiger partial charge in [-0.25, -0.2) is 14.8 Å². The molecule has 0 bridgehead atoms. The molecule has 5 heteroatoms. The highest BCUT2D eigenvalue weighted by atomic mass is 16.4. The lowest BCUT2D eigenvalue weighted by atomic mass is 10.1. The van der Waals surface area contributed by atoms with Gasteiger partial charge in [-0.1, -0.05) is 30.4 Å². The number of aliphatic hydroxyl groups is 1. The number of rotatable bonds is 3. The van der Waals surface area contributed by atoms with E-state index in [2.05, 4.69) is 9.97 Å². The minimum absolute atomic E-state index is 0.123. The summed E-state index contributed by atoms with van der Waals surface area (Å²) in [6.07, 6.45) is 3.43. The third-order valence-electron chi connectivity index (χ3n) is 3.43.